The molecule has 10 aromatic heterocycles. The molecule has 0 spiro atoms. The number of aromatic amines is 4. The van der Waals surface area contributed by atoms with Gasteiger partial charge in [0, 0.05) is 87.7 Å². The van der Waals surface area contributed by atoms with Crippen molar-refractivity contribution in [3.63, 3.8) is 0 Å². The zero-order valence-electron chi connectivity index (χ0n) is 39.3. The number of nitrogens with zero attached hydrogens (tertiary/aromatic N) is 9. The van der Waals surface area contributed by atoms with Crippen LogP contribution in [0.4, 0.5) is 14.5 Å². The Kier molecular flexibility index (Phi) is 10.7. The van der Waals surface area contributed by atoms with Crippen LogP contribution in [-0.2, 0) is 6.54 Å². The number of benzene rings is 3. The van der Waals surface area contributed by atoms with Gasteiger partial charge in [-0.25, -0.2) is 18.7 Å². The number of halogens is 2. The van der Waals surface area contributed by atoms with E-state index in [0.717, 1.165) is 46.2 Å². The number of aromatic nitrogens is 12. The van der Waals surface area contributed by atoms with Crippen LogP contribution in [0.3, 0.4) is 0 Å². The summed E-state index contributed by atoms with van der Waals surface area (Å²) >= 11 is 2.96. The van der Waals surface area contributed by atoms with Crippen molar-refractivity contribution in [1.29, 1.82) is 0 Å². The third kappa shape index (κ3) is 7.91. The predicted molar refractivity (Wildman–Crippen MR) is 289 cm³/mol. The van der Waals surface area contributed by atoms with Crippen LogP contribution in [0.5, 0.6) is 0 Å². The van der Waals surface area contributed by atoms with E-state index >= 15 is 8.78 Å². The molecule has 0 radical (unpaired) electrons. The van der Waals surface area contributed by atoms with E-state index in [2.05, 4.69) is 50.4 Å². The summed E-state index contributed by atoms with van der Waals surface area (Å²) in [5.41, 5.74) is 10.4. The van der Waals surface area contributed by atoms with Gasteiger partial charge >= 0.3 is 0 Å². The minimum Gasteiger partial charge on any atom is -0.336 e. The second-order valence-electron chi connectivity index (χ2n) is 18.4. The topological polar surface area (TPSA) is 199 Å². The molecule has 5 N–H and O–H groups in total. The molecule has 11 heterocycles. The molecular weight excluding hydrogens is 987 g/mol. The van der Waals surface area contributed by atoms with Gasteiger partial charge < -0.3 is 15.3 Å². The average molecular weight is 1030 g/mol. The maximum atomic E-state index is 17.8. The molecular formula is C56H38F2N14OS2. The standard InChI is InChI=1S/C56H38F2N14OS2/c57-39-22-42-37(20-35(39)31-17-29(23-59-24-31)27-72-14-4-5-15-72)48(70-68-42)54-64-41-11-13-62-53(51(41)67-54)44-19-33(28-75-44)45-46(58)36(32-18-34(26-60-25-32)63-56(73)30-7-2-1-3-8-30)21-38-47(45)69-71-49(38)55-65-40-10-12-61-52(50(40)66-55)43-9-6-16-74-43/h1-3,6-13,16-26,28H,4-5,14-15,27H2,(H,63,73)(H,64,67)(H,65,66)(H,68,70)(H,69,71). The van der Waals surface area contributed by atoms with E-state index in [0.29, 0.717) is 101 Å². The molecule has 19 heteroatoms. The molecule has 1 saturated heterocycles. The van der Waals surface area contributed by atoms with Gasteiger partial charge in [0.1, 0.15) is 45.4 Å². The highest BCUT2D eigenvalue weighted by molar-refractivity contribution is 7.14. The highest BCUT2D eigenvalue weighted by Gasteiger charge is 2.26. The van der Waals surface area contributed by atoms with Crippen LogP contribution in [-0.4, -0.2) is 84.2 Å². The summed E-state index contributed by atoms with van der Waals surface area (Å²) in [7, 11) is 0. The number of nitrogens with one attached hydrogen (secondary N) is 5. The van der Waals surface area contributed by atoms with Crippen LogP contribution >= 0.6 is 22.7 Å². The number of imidazole rings is 2. The Hall–Kier alpha value is -9.17. The lowest BCUT2D eigenvalue weighted by molar-refractivity contribution is 0.102. The van der Waals surface area contributed by atoms with Gasteiger partial charge in [-0.3, -0.25) is 39.8 Å². The second kappa shape index (κ2) is 18.1. The lowest BCUT2D eigenvalue weighted by Crippen LogP contribution is -2.18. The van der Waals surface area contributed by atoms with Crippen LogP contribution < -0.4 is 5.32 Å². The number of fused-ring (bicyclic) bond motifs is 4. The Morgan fingerprint density at radius 2 is 1.36 bits per heavy atom. The van der Waals surface area contributed by atoms with E-state index < -0.39 is 5.82 Å². The van der Waals surface area contributed by atoms with E-state index in [9.17, 15) is 4.79 Å². The normalized spacial score (nSPS) is 13.0. The van der Waals surface area contributed by atoms with E-state index in [-0.39, 0.29) is 22.9 Å². The number of hydrogen-bond acceptors (Lipinski definition) is 12. The molecule has 1 amide bonds. The molecule has 0 aliphatic carbocycles. The Balaban J connectivity index is 0.858. The number of thiophene rings is 2. The van der Waals surface area contributed by atoms with Crippen molar-refractivity contribution in [3.05, 3.63) is 162 Å². The molecule has 14 rings (SSSR count). The van der Waals surface area contributed by atoms with Crippen molar-refractivity contribution >= 4 is 78.1 Å². The van der Waals surface area contributed by atoms with Crippen LogP contribution in [0, 0.1) is 11.6 Å². The number of H-pyrrole nitrogens is 4. The monoisotopic (exact) mass is 1020 g/mol. The first-order chi connectivity index (χ1) is 36.9. The molecule has 0 unspecified atom stereocenters. The first-order valence-corrected chi connectivity index (χ1v) is 25.8. The smallest absolute Gasteiger partial charge is 0.255 e. The molecule has 75 heavy (non-hydrogen) atoms. The molecule has 1 aliphatic heterocycles. The molecule has 3 aromatic carbocycles. The summed E-state index contributed by atoms with van der Waals surface area (Å²) < 4.78 is 33.6. The summed E-state index contributed by atoms with van der Waals surface area (Å²) in [6.45, 7) is 2.85. The quantitative estimate of drug-likeness (QED) is 0.0831. The van der Waals surface area contributed by atoms with Gasteiger partial charge in [0.05, 0.1) is 43.7 Å². The van der Waals surface area contributed by atoms with Gasteiger partial charge in [0.15, 0.2) is 11.6 Å². The number of anilines is 1. The minimum atomic E-state index is -0.535. The second-order valence-corrected chi connectivity index (χ2v) is 20.2. The van der Waals surface area contributed by atoms with Crippen LogP contribution in [0.1, 0.15) is 28.8 Å². The predicted octanol–water partition coefficient (Wildman–Crippen LogP) is 12.7. The van der Waals surface area contributed by atoms with Gasteiger partial charge in [0.25, 0.3) is 5.91 Å². The lowest BCUT2D eigenvalue weighted by Gasteiger charge is -2.15. The molecule has 0 atom stereocenters. The number of carbonyl (C=O) groups excluding carboxylic acids is 1. The Labute approximate surface area is 431 Å². The molecule has 364 valence electrons. The van der Waals surface area contributed by atoms with E-state index in [1.807, 2.05) is 59.4 Å². The van der Waals surface area contributed by atoms with Crippen molar-refractivity contribution in [2.75, 3.05) is 18.4 Å². The summed E-state index contributed by atoms with van der Waals surface area (Å²) in [6.07, 6.45) is 12.4. The number of carbonyl (C=O) groups is 1. The average Bonchev–Trinajstić information content (AvgIpc) is 4.30. The van der Waals surface area contributed by atoms with Crippen LogP contribution in [0.15, 0.2) is 139 Å². The summed E-state index contributed by atoms with van der Waals surface area (Å²) in [4.78, 5) is 52.7. The van der Waals surface area contributed by atoms with Crippen molar-refractivity contribution in [2.24, 2.45) is 0 Å². The van der Waals surface area contributed by atoms with Crippen molar-refractivity contribution in [3.8, 4) is 77.6 Å². The van der Waals surface area contributed by atoms with Gasteiger partial charge in [-0.1, -0.05) is 24.3 Å². The number of rotatable bonds is 11. The highest BCUT2D eigenvalue weighted by Crippen LogP contribution is 2.44. The fraction of sp³-hybridized carbons (Fsp3) is 0.0893. The van der Waals surface area contributed by atoms with Crippen molar-refractivity contribution in [2.45, 2.75) is 19.4 Å². The fourth-order valence-corrected chi connectivity index (χ4v) is 11.7. The lowest BCUT2D eigenvalue weighted by atomic mass is 9.96. The van der Waals surface area contributed by atoms with Crippen LogP contribution in [0.25, 0.3) is 121 Å². The molecule has 0 saturated carbocycles. The third-order valence-electron chi connectivity index (χ3n) is 13.6. The SMILES string of the molecule is O=C(Nc1cncc(-c2cc3c(-c4nc5c(-c6cccs6)nccc5[nH]4)n[nH]c3c(-c3csc(-c4nccc5[nH]c(-c6n[nH]c7cc(F)c(-c8cncc(CN9CCCC9)c8)cc67)nc45)c3)c2F)c1)c1ccccc1. The number of hydrogen-bond donors (Lipinski definition) is 5. The molecule has 1 fully saturated rings. The van der Waals surface area contributed by atoms with Crippen LogP contribution in [0.2, 0.25) is 0 Å². The van der Waals surface area contributed by atoms with Gasteiger partial charge in [-0.15, -0.1) is 22.7 Å². The fourth-order valence-electron chi connectivity index (χ4n) is 10.1. The van der Waals surface area contributed by atoms with Crippen molar-refractivity contribution < 1.29 is 13.6 Å². The zero-order chi connectivity index (χ0) is 50.1. The molecule has 13 aromatic rings. The van der Waals surface area contributed by atoms with Gasteiger partial charge in [0.2, 0.25) is 0 Å². The van der Waals surface area contributed by atoms with Gasteiger partial charge in [-0.05, 0) is 108 Å². The minimum absolute atomic E-state index is 0.228. The first-order valence-electron chi connectivity index (χ1n) is 24.1. The Morgan fingerprint density at radius 3 is 2.12 bits per heavy atom. The Bertz CT molecular complexity index is 4340. The summed E-state index contributed by atoms with van der Waals surface area (Å²) in [5.74, 6) is -0.318. The molecule has 15 nitrogen and oxygen atoms in total. The number of likely N-dealkylation sites (tertiary alicyclic amines) is 1. The van der Waals surface area contributed by atoms with E-state index in [1.54, 1.807) is 78.6 Å². The number of pyridine rings is 4. The van der Waals surface area contributed by atoms with E-state index in [1.165, 1.54) is 36.4 Å². The maximum absolute atomic E-state index is 17.8. The van der Waals surface area contributed by atoms with Gasteiger partial charge in [-0.2, -0.15) is 10.2 Å². The van der Waals surface area contributed by atoms with E-state index in [4.69, 9.17) is 20.1 Å². The molecule has 0 bridgehead atoms. The first kappa shape index (κ1) is 44.5. The molecule has 1 aliphatic rings. The summed E-state index contributed by atoms with van der Waals surface area (Å²) in [6, 6.07) is 27.1. The summed E-state index contributed by atoms with van der Waals surface area (Å²) in [5, 5.41) is 23.6. The zero-order valence-corrected chi connectivity index (χ0v) is 41.0. The third-order valence-corrected chi connectivity index (χ3v) is 15.4. The highest BCUT2D eigenvalue weighted by atomic mass is 32.1. The number of amides is 1. The maximum Gasteiger partial charge on any atom is 0.255 e. The Morgan fingerprint density at radius 1 is 0.653 bits per heavy atom. The van der Waals surface area contributed by atoms with Crippen molar-refractivity contribution in [1.82, 2.24) is 65.2 Å². The largest absolute Gasteiger partial charge is 0.336 e.